The third kappa shape index (κ3) is 5.29. The first-order valence-corrected chi connectivity index (χ1v) is 11.4. The summed E-state index contributed by atoms with van der Waals surface area (Å²) in [7, 11) is -3.95. The van der Waals surface area contributed by atoms with E-state index in [1.54, 1.807) is 17.8 Å². The number of hydrogen-bond donors (Lipinski definition) is 2. The Morgan fingerprint density at radius 2 is 1.72 bits per heavy atom. The number of hydrogen-bond acceptors (Lipinski definition) is 4. The van der Waals surface area contributed by atoms with Crippen molar-refractivity contribution < 1.29 is 17.6 Å². The second kappa shape index (κ2) is 8.86. The molecule has 1 amide bonds. The lowest BCUT2D eigenvalue weighted by atomic mass is 10.2. The smallest absolute Gasteiger partial charge is 0.261 e. The van der Waals surface area contributed by atoms with E-state index in [2.05, 4.69) is 10.0 Å². The van der Waals surface area contributed by atoms with Gasteiger partial charge in [-0.15, -0.1) is 11.8 Å². The number of rotatable bonds is 6. The predicted octanol–water partition coefficient (Wildman–Crippen LogP) is 5.25. The molecule has 0 unspecified atom stereocenters. The second-order valence-electron chi connectivity index (χ2n) is 5.94. The van der Waals surface area contributed by atoms with Crippen LogP contribution in [0.5, 0.6) is 0 Å². The van der Waals surface area contributed by atoms with Gasteiger partial charge in [0, 0.05) is 21.8 Å². The van der Waals surface area contributed by atoms with Gasteiger partial charge in [-0.1, -0.05) is 17.7 Å². The zero-order chi connectivity index (χ0) is 21.0. The highest BCUT2D eigenvalue weighted by Crippen LogP contribution is 2.23. The Labute approximate surface area is 177 Å². The molecule has 0 saturated carbocycles. The highest BCUT2D eigenvalue weighted by atomic mass is 35.5. The molecule has 3 aromatic carbocycles. The molecule has 5 nitrogen and oxygen atoms in total. The summed E-state index contributed by atoms with van der Waals surface area (Å²) in [5, 5.41) is 2.51. The Morgan fingerprint density at radius 1 is 1.00 bits per heavy atom. The maximum atomic E-state index is 13.2. The average molecular weight is 451 g/mol. The van der Waals surface area contributed by atoms with E-state index in [-0.39, 0.29) is 21.5 Å². The summed E-state index contributed by atoms with van der Waals surface area (Å²) in [6, 6.07) is 16.5. The number of carbonyl (C=O) groups excluding carboxylic acids is 1. The van der Waals surface area contributed by atoms with Gasteiger partial charge in [-0.3, -0.25) is 9.52 Å². The van der Waals surface area contributed by atoms with E-state index in [0.717, 1.165) is 23.1 Å². The monoisotopic (exact) mass is 450 g/mol. The van der Waals surface area contributed by atoms with Gasteiger partial charge in [0.05, 0.1) is 9.92 Å². The van der Waals surface area contributed by atoms with Gasteiger partial charge < -0.3 is 5.32 Å². The standard InChI is InChI=1S/C20H16ClFN2O3S2/c1-28-16-4-2-3-15(11-16)23-20(25)13-5-7-14(8-6-13)24-29(26,27)17-9-10-19(22)18(21)12-17/h2-12,24H,1H3,(H,23,25). The summed E-state index contributed by atoms with van der Waals surface area (Å²) in [4.78, 5) is 13.2. The predicted molar refractivity (Wildman–Crippen MR) is 115 cm³/mol. The van der Waals surface area contributed by atoms with Crippen LogP contribution in [0.2, 0.25) is 5.02 Å². The van der Waals surface area contributed by atoms with E-state index in [1.165, 1.54) is 24.3 Å². The van der Waals surface area contributed by atoms with Crippen LogP contribution in [0.4, 0.5) is 15.8 Å². The van der Waals surface area contributed by atoms with Gasteiger partial charge in [0.1, 0.15) is 5.82 Å². The summed E-state index contributed by atoms with van der Waals surface area (Å²) in [6.07, 6.45) is 1.95. The molecule has 2 N–H and O–H groups in total. The van der Waals surface area contributed by atoms with Crippen molar-refractivity contribution >= 4 is 50.7 Å². The Morgan fingerprint density at radius 3 is 2.38 bits per heavy atom. The fourth-order valence-corrected chi connectivity index (χ4v) is 4.24. The first-order chi connectivity index (χ1) is 13.8. The van der Waals surface area contributed by atoms with Crippen LogP contribution in [0.25, 0.3) is 0 Å². The number of nitrogens with one attached hydrogen (secondary N) is 2. The maximum Gasteiger partial charge on any atom is 0.261 e. The lowest BCUT2D eigenvalue weighted by Crippen LogP contribution is -2.14. The molecule has 0 aliphatic rings. The second-order valence-corrected chi connectivity index (χ2v) is 8.91. The van der Waals surface area contributed by atoms with Gasteiger partial charge in [0.25, 0.3) is 15.9 Å². The molecule has 29 heavy (non-hydrogen) atoms. The third-order valence-corrected chi connectivity index (χ3v) is 6.32. The van der Waals surface area contributed by atoms with Gasteiger partial charge in [0.15, 0.2) is 0 Å². The Kier molecular flexibility index (Phi) is 6.46. The molecule has 0 aromatic heterocycles. The first-order valence-electron chi connectivity index (χ1n) is 8.32. The number of thioether (sulfide) groups is 1. The lowest BCUT2D eigenvalue weighted by Gasteiger charge is -2.10. The van der Waals surface area contributed by atoms with Gasteiger partial charge in [-0.2, -0.15) is 0 Å². The minimum atomic E-state index is -3.95. The molecule has 3 rings (SSSR count). The molecule has 9 heteroatoms. The molecule has 0 atom stereocenters. The summed E-state index contributed by atoms with van der Waals surface area (Å²) in [6.45, 7) is 0. The summed E-state index contributed by atoms with van der Waals surface area (Å²) in [5.74, 6) is -1.02. The quantitative estimate of drug-likeness (QED) is 0.502. The fourth-order valence-electron chi connectivity index (χ4n) is 2.45. The van der Waals surface area contributed by atoms with E-state index in [4.69, 9.17) is 11.6 Å². The van der Waals surface area contributed by atoms with Gasteiger partial charge in [-0.05, 0) is 66.9 Å². The molecule has 0 aliphatic carbocycles. The van der Waals surface area contributed by atoms with Gasteiger partial charge in [0.2, 0.25) is 0 Å². The Bertz CT molecular complexity index is 1150. The molecule has 0 fully saturated rings. The molecule has 3 aromatic rings. The highest BCUT2D eigenvalue weighted by Gasteiger charge is 2.16. The van der Waals surface area contributed by atoms with E-state index in [9.17, 15) is 17.6 Å². The Balaban J connectivity index is 1.72. The van der Waals surface area contributed by atoms with Crippen molar-refractivity contribution in [2.45, 2.75) is 9.79 Å². The van der Waals surface area contributed by atoms with Gasteiger partial charge in [-0.25, -0.2) is 12.8 Å². The number of benzene rings is 3. The van der Waals surface area contributed by atoms with Crippen molar-refractivity contribution in [3.05, 3.63) is 83.1 Å². The van der Waals surface area contributed by atoms with E-state index in [0.29, 0.717) is 11.3 Å². The number of carbonyl (C=O) groups is 1. The largest absolute Gasteiger partial charge is 0.322 e. The first kappa shape index (κ1) is 21.2. The number of amides is 1. The molecule has 0 saturated heterocycles. The van der Waals surface area contributed by atoms with Crippen molar-refractivity contribution in [1.82, 2.24) is 0 Å². The molecule has 0 aliphatic heterocycles. The molecule has 0 spiro atoms. The molecular formula is C20H16ClFN2O3S2. The van der Waals surface area contributed by atoms with Crippen molar-refractivity contribution in [2.75, 3.05) is 16.3 Å². The maximum absolute atomic E-state index is 13.2. The van der Waals surface area contributed by atoms with E-state index < -0.39 is 15.8 Å². The fraction of sp³-hybridized carbons (Fsp3) is 0.0500. The SMILES string of the molecule is CSc1cccc(NC(=O)c2ccc(NS(=O)(=O)c3ccc(F)c(Cl)c3)cc2)c1. The zero-order valence-corrected chi connectivity index (χ0v) is 17.5. The van der Waals surface area contributed by atoms with Crippen molar-refractivity contribution in [3.63, 3.8) is 0 Å². The normalized spacial score (nSPS) is 11.1. The Hall–Kier alpha value is -2.55. The van der Waals surface area contributed by atoms with Crippen LogP contribution >= 0.6 is 23.4 Å². The minimum Gasteiger partial charge on any atom is -0.322 e. The van der Waals surface area contributed by atoms with Crippen LogP contribution < -0.4 is 10.0 Å². The van der Waals surface area contributed by atoms with Crippen LogP contribution in [0.3, 0.4) is 0 Å². The van der Waals surface area contributed by atoms with Gasteiger partial charge >= 0.3 is 0 Å². The summed E-state index contributed by atoms with van der Waals surface area (Å²) < 4.78 is 40.4. The lowest BCUT2D eigenvalue weighted by molar-refractivity contribution is 0.102. The van der Waals surface area contributed by atoms with Crippen LogP contribution in [0, 0.1) is 5.82 Å². The van der Waals surface area contributed by atoms with E-state index in [1.807, 2.05) is 24.5 Å². The molecule has 0 bridgehead atoms. The van der Waals surface area contributed by atoms with Crippen molar-refractivity contribution in [1.29, 1.82) is 0 Å². The highest BCUT2D eigenvalue weighted by molar-refractivity contribution is 7.98. The molecule has 0 radical (unpaired) electrons. The van der Waals surface area contributed by atoms with Crippen LogP contribution in [0.1, 0.15) is 10.4 Å². The van der Waals surface area contributed by atoms with Crippen LogP contribution in [-0.2, 0) is 10.0 Å². The van der Waals surface area contributed by atoms with Crippen LogP contribution in [0.15, 0.2) is 76.5 Å². The van der Waals surface area contributed by atoms with Crippen LogP contribution in [-0.4, -0.2) is 20.6 Å². The number of anilines is 2. The average Bonchev–Trinajstić information content (AvgIpc) is 2.70. The zero-order valence-electron chi connectivity index (χ0n) is 15.1. The summed E-state index contributed by atoms with van der Waals surface area (Å²) in [5.41, 5.74) is 1.29. The summed E-state index contributed by atoms with van der Waals surface area (Å²) >= 11 is 7.22. The van der Waals surface area contributed by atoms with Crippen molar-refractivity contribution in [2.24, 2.45) is 0 Å². The van der Waals surface area contributed by atoms with E-state index >= 15 is 0 Å². The minimum absolute atomic E-state index is 0.167. The third-order valence-electron chi connectivity index (χ3n) is 3.93. The molecule has 150 valence electrons. The topological polar surface area (TPSA) is 75.3 Å². The van der Waals surface area contributed by atoms with Crippen molar-refractivity contribution in [3.8, 4) is 0 Å². The number of sulfonamides is 1. The number of halogens is 2. The molecular weight excluding hydrogens is 435 g/mol. The molecule has 0 heterocycles.